The van der Waals surface area contributed by atoms with Crippen LogP contribution in [0, 0.1) is 5.82 Å². The molecule has 4 aromatic rings. The van der Waals surface area contributed by atoms with Gasteiger partial charge in [0.15, 0.2) is 0 Å². The van der Waals surface area contributed by atoms with Crippen LogP contribution in [0.1, 0.15) is 25.7 Å². The van der Waals surface area contributed by atoms with Crippen molar-refractivity contribution in [1.82, 2.24) is 24.5 Å². The highest BCUT2D eigenvalue weighted by Gasteiger charge is 2.28. The number of likely N-dealkylation sites (tertiary alicyclic amines) is 1. The van der Waals surface area contributed by atoms with Crippen LogP contribution in [-0.4, -0.2) is 63.8 Å². The molecular weight excluding hydrogens is 449 g/mol. The minimum Gasteiger partial charge on any atom is -0.373 e. The molecule has 0 atom stereocenters. The molecule has 2 saturated heterocycles. The van der Waals surface area contributed by atoms with Gasteiger partial charge in [-0.15, -0.1) is 5.10 Å². The molecule has 0 unspecified atom stereocenters. The van der Waals surface area contributed by atoms with Crippen molar-refractivity contribution in [2.24, 2.45) is 0 Å². The molecule has 1 aromatic carbocycles. The van der Waals surface area contributed by atoms with Gasteiger partial charge in [0.2, 0.25) is 10.1 Å². The summed E-state index contributed by atoms with van der Waals surface area (Å²) in [5.41, 5.74) is 3.53. The zero-order valence-corrected chi connectivity index (χ0v) is 20.1. The molecule has 176 valence electrons. The fraction of sp³-hybridized carbons (Fsp3) is 0.400. The van der Waals surface area contributed by atoms with Crippen molar-refractivity contribution in [3.63, 3.8) is 0 Å². The van der Waals surface area contributed by atoms with Crippen molar-refractivity contribution in [2.75, 3.05) is 43.4 Å². The Bertz CT molecular complexity index is 1280. The molecule has 2 aliphatic rings. The van der Waals surface area contributed by atoms with Gasteiger partial charge < -0.3 is 15.1 Å². The number of rotatable bonds is 5. The molecule has 0 amide bonds. The van der Waals surface area contributed by atoms with Gasteiger partial charge in [-0.3, -0.25) is 0 Å². The number of hydrogen-bond donors (Lipinski definition) is 1. The minimum absolute atomic E-state index is 0.259. The van der Waals surface area contributed by atoms with Gasteiger partial charge >= 0.3 is 0 Å². The Morgan fingerprint density at radius 3 is 2.50 bits per heavy atom. The third kappa shape index (κ3) is 3.92. The largest absolute Gasteiger partial charge is 0.373 e. The quantitative estimate of drug-likeness (QED) is 0.447. The highest BCUT2D eigenvalue weighted by molar-refractivity contribution is 7.20. The van der Waals surface area contributed by atoms with Crippen molar-refractivity contribution < 1.29 is 4.39 Å². The van der Waals surface area contributed by atoms with Crippen molar-refractivity contribution >= 4 is 27.2 Å². The van der Waals surface area contributed by atoms with Crippen LogP contribution in [0.3, 0.4) is 0 Å². The second-order valence-electron chi connectivity index (χ2n) is 9.04. The smallest absolute Gasteiger partial charge is 0.215 e. The highest BCUT2D eigenvalue weighted by Crippen LogP contribution is 2.37. The molecule has 7 nitrogen and oxygen atoms in total. The number of fused-ring (bicyclic) bond motifs is 1. The van der Waals surface area contributed by atoms with Crippen LogP contribution in [0.5, 0.6) is 0 Å². The predicted molar refractivity (Wildman–Crippen MR) is 135 cm³/mol. The molecule has 0 aliphatic carbocycles. The summed E-state index contributed by atoms with van der Waals surface area (Å²) in [6.45, 7) is 4.56. The van der Waals surface area contributed by atoms with Crippen molar-refractivity contribution in [3.8, 4) is 22.5 Å². The summed E-state index contributed by atoms with van der Waals surface area (Å²) in [6.07, 6.45) is 6.84. The normalized spacial score (nSPS) is 17.6. The first-order valence-electron chi connectivity index (χ1n) is 12.0. The van der Waals surface area contributed by atoms with Gasteiger partial charge in [-0.05, 0) is 75.2 Å². The molecule has 0 saturated carbocycles. The maximum absolute atomic E-state index is 13.6. The van der Waals surface area contributed by atoms with E-state index < -0.39 is 0 Å². The lowest BCUT2D eigenvalue weighted by Gasteiger charge is -2.36. The molecule has 1 N–H and O–H groups in total. The van der Waals surface area contributed by atoms with Gasteiger partial charge in [-0.25, -0.2) is 18.9 Å². The molecule has 0 spiro atoms. The Morgan fingerprint density at radius 2 is 1.76 bits per heavy atom. The van der Waals surface area contributed by atoms with E-state index in [1.54, 1.807) is 29.7 Å². The summed E-state index contributed by atoms with van der Waals surface area (Å²) >= 11 is 1.62. The third-order valence-corrected chi connectivity index (χ3v) is 7.96. The first-order chi connectivity index (χ1) is 16.7. The van der Waals surface area contributed by atoms with E-state index in [0.29, 0.717) is 6.04 Å². The number of halogens is 1. The number of nitrogens with one attached hydrogen (secondary N) is 1. The lowest BCUT2D eigenvalue weighted by Crippen LogP contribution is -2.43. The Balaban J connectivity index is 1.36. The van der Waals surface area contributed by atoms with Gasteiger partial charge in [0, 0.05) is 43.5 Å². The first-order valence-corrected chi connectivity index (χ1v) is 12.8. The molecule has 9 heteroatoms. The van der Waals surface area contributed by atoms with E-state index >= 15 is 0 Å². The molecule has 2 aliphatic heterocycles. The van der Waals surface area contributed by atoms with Crippen LogP contribution in [0.2, 0.25) is 0 Å². The number of imidazole rings is 1. The van der Waals surface area contributed by atoms with Gasteiger partial charge in [0.25, 0.3) is 0 Å². The lowest BCUT2D eigenvalue weighted by molar-refractivity contribution is 0.208. The molecule has 34 heavy (non-hydrogen) atoms. The maximum Gasteiger partial charge on any atom is 0.215 e. The Labute approximate surface area is 202 Å². The summed E-state index contributed by atoms with van der Waals surface area (Å²) in [5, 5.41) is 9.14. The second kappa shape index (κ2) is 8.96. The third-order valence-electron chi connectivity index (χ3n) is 6.99. The van der Waals surface area contributed by atoms with E-state index in [-0.39, 0.29) is 5.82 Å². The van der Waals surface area contributed by atoms with Crippen LogP contribution in [0.4, 0.5) is 15.3 Å². The lowest BCUT2D eigenvalue weighted by atomic mass is 10.0. The zero-order chi connectivity index (χ0) is 23.1. The fourth-order valence-electron chi connectivity index (χ4n) is 5.18. The van der Waals surface area contributed by atoms with Crippen LogP contribution >= 0.6 is 11.3 Å². The Hall–Kier alpha value is -3.04. The van der Waals surface area contributed by atoms with Crippen molar-refractivity contribution in [3.05, 3.63) is 48.4 Å². The van der Waals surface area contributed by atoms with Crippen LogP contribution < -0.4 is 10.2 Å². The fourth-order valence-corrected chi connectivity index (χ4v) is 6.13. The van der Waals surface area contributed by atoms with E-state index in [1.165, 1.54) is 50.9 Å². The van der Waals surface area contributed by atoms with Gasteiger partial charge in [-0.2, -0.15) is 0 Å². The maximum atomic E-state index is 13.6. The number of piperidine rings is 1. The van der Waals surface area contributed by atoms with Gasteiger partial charge in [-0.1, -0.05) is 11.3 Å². The summed E-state index contributed by atoms with van der Waals surface area (Å²) in [4.78, 5) is 15.2. The molecule has 0 radical (unpaired) electrons. The number of pyridine rings is 1. The molecule has 0 bridgehead atoms. The first kappa shape index (κ1) is 21.5. The summed E-state index contributed by atoms with van der Waals surface area (Å²) in [6, 6.07) is 11.2. The van der Waals surface area contributed by atoms with E-state index in [2.05, 4.69) is 20.1 Å². The van der Waals surface area contributed by atoms with E-state index in [1.807, 2.05) is 23.7 Å². The van der Waals surface area contributed by atoms with Gasteiger partial charge in [0.05, 0.1) is 0 Å². The standard InChI is InChI=1S/C25H28FN7S/c1-27-21-16-18(8-11-28-21)23-22(17-4-6-19(26)7-5-17)29-24-33(23)30-25(34-24)32-14-9-20(10-15-32)31-12-2-3-13-31/h4-8,11,16,20H,2-3,9-10,12-15H2,1H3,(H,27,28). The minimum atomic E-state index is -0.259. The van der Waals surface area contributed by atoms with E-state index in [9.17, 15) is 4.39 Å². The average Bonchev–Trinajstić information content (AvgIpc) is 3.61. The van der Waals surface area contributed by atoms with Crippen LogP contribution in [0.25, 0.3) is 27.5 Å². The van der Waals surface area contributed by atoms with E-state index in [0.717, 1.165) is 51.5 Å². The number of nitrogens with zero attached hydrogens (tertiary/aromatic N) is 6. The molecule has 2 fully saturated rings. The molecule has 3 aromatic heterocycles. The number of benzene rings is 1. The zero-order valence-electron chi connectivity index (χ0n) is 19.2. The highest BCUT2D eigenvalue weighted by atomic mass is 32.1. The molecule has 6 rings (SSSR count). The average molecular weight is 478 g/mol. The monoisotopic (exact) mass is 477 g/mol. The van der Waals surface area contributed by atoms with E-state index in [4.69, 9.17) is 10.1 Å². The van der Waals surface area contributed by atoms with Crippen molar-refractivity contribution in [2.45, 2.75) is 31.7 Å². The van der Waals surface area contributed by atoms with Crippen LogP contribution in [0.15, 0.2) is 42.6 Å². The summed E-state index contributed by atoms with van der Waals surface area (Å²) < 4.78 is 15.5. The topological polar surface area (TPSA) is 61.6 Å². The molecular formula is C25H28FN7S. The van der Waals surface area contributed by atoms with Crippen LogP contribution in [-0.2, 0) is 0 Å². The number of hydrogen-bond acceptors (Lipinski definition) is 7. The van der Waals surface area contributed by atoms with Gasteiger partial charge in [0.1, 0.15) is 23.0 Å². The summed E-state index contributed by atoms with van der Waals surface area (Å²) in [5.74, 6) is 0.516. The second-order valence-corrected chi connectivity index (χ2v) is 9.97. The molecule has 5 heterocycles. The van der Waals surface area contributed by atoms with Crippen molar-refractivity contribution in [1.29, 1.82) is 0 Å². The number of aromatic nitrogens is 4. The summed E-state index contributed by atoms with van der Waals surface area (Å²) in [7, 11) is 1.85. The Kier molecular flexibility index (Phi) is 5.66. The predicted octanol–water partition coefficient (Wildman–Crippen LogP) is 4.77. The SMILES string of the molecule is CNc1cc(-c2c(-c3ccc(F)cc3)nc3sc(N4CCC(N5CCCC5)CC4)nn23)ccn1. The number of anilines is 2. The Morgan fingerprint density at radius 1 is 1.00 bits per heavy atom.